The molecule has 0 aliphatic rings. The van der Waals surface area contributed by atoms with Crippen LogP contribution in [0.3, 0.4) is 0 Å². The van der Waals surface area contributed by atoms with Gasteiger partial charge in [-0.05, 0) is 42.8 Å². The molecule has 3 aromatic rings. The van der Waals surface area contributed by atoms with Gasteiger partial charge >= 0.3 is 0 Å². The van der Waals surface area contributed by atoms with Gasteiger partial charge in [-0.3, -0.25) is 4.79 Å². The zero-order valence-corrected chi connectivity index (χ0v) is 12.0. The molecule has 0 bridgehead atoms. The van der Waals surface area contributed by atoms with Crippen LogP contribution in [0.5, 0.6) is 0 Å². The van der Waals surface area contributed by atoms with Gasteiger partial charge in [0.25, 0.3) is 0 Å². The summed E-state index contributed by atoms with van der Waals surface area (Å²) in [6.45, 7) is 0. The van der Waals surface area contributed by atoms with Crippen LogP contribution in [0.25, 0.3) is 11.0 Å². The summed E-state index contributed by atoms with van der Waals surface area (Å²) in [5.74, 6) is 0.487. The minimum atomic E-state index is -0.317. The fourth-order valence-electron chi connectivity index (χ4n) is 2.30. The van der Waals surface area contributed by atoms with Crippen LogP contribution in [0.1, 0.15) is 18.7 Å². The molecular weight excluding hydrogens is 281 g/mol. The summed E-state index contributed by atoms with van der Waals surface area (Å²) in [4.78, 5) is 19.5. The normalized spacial score (nSPS) is 10.8. The van der Waals surface area contributed by atoms with E-state index in [0.717, 1.165) is 16.9 Å². The van der Waals surface area contributed by atoms with Gasteiger partial charge in [0.05, 0.1) is 11.0 Å². The molecule has 5 heteroatoms. The zero-order chi connectivity index (χ0) is 15.4. The third kappa shape index (κ3) is 3.49. The smallest absolute Gasteiger partial charge is 0.224 e. The SMILES string of the molecule is O=C(CCCc1nc2ccccc2[nH]1)Nc1ccc(F)cc1. The molecule has 0 saturated carbocycles. The Hall–Kier alpha value is -2.69. The number of hydrogen-bond acceptors (Lipinski definition) is 2. The Labute approximate surface area is 127 Å². The number of imidazole rings is 1. The molecule has 0 aliphatic heterocycles. The Morgan fingerprint density at radius 1 is 1.14 bits per heavy atom. The van der Waals surface area contributed by atoms with Gasteiger partial charge in [-0.15, -0.1) is 0 Å². The summed E-state index contributed by atoms with van der Waals surface area (Å²) in [5, 5.41) is 2.75. The first kappa shape index (κ1) is 14.3. The van der Waals surface area contributed by atoms with Crippen molar-refractivity contribution < 1.29 is 9.18 Å². The number of aromatic nitrogens is 2. The van der Waals surface area contributed by atoms with E-state index in [1.807, 2.05) is 24.3 Å². The van der Waals surface area contributed by atoms with E-state index >= 15 is 0 Å². The summed E-state index contributed by atoms with van der Waals surface area (Å²) in [7, 11) is 0. The van der Waals surface area contributed by atoms with Gasteiger partial charge in [-0.2, -0.15) is 0 Å². The van der Waals surface area contributed by atoms with Crippen LogP contribution in [0.4, 0.5) is 10.1 Å². The number of hydrogen-bond donors (Lipinski definition) is 2. The maximum absolute atomic E-state index is 12.8. The van der Waals surface area contributed by atoms with E-state index in [1.54, 1.807) is 12.1 Å². The molecule has 0 atom stereocenters. The standard InChI is InChI=1S/C17H16FN3O/c18-12-8-10-13(11-9-12)19-17(22)7-3-6-16-20-14-4-1-2-5-15(14)21-16/h1-2,4-5,8-11H,3,6-7H2,(H,19,22)(H,20,21). The van der Waals surface area contributed by atoms with Gasteiger partial charge in [0, 0.05) is 18.5 Å². The molecule has 1 aromatic heterocycles. The number of halogens is 1. The quantitative estimate of drug-likeness (QED) is 0.755. The number of rotatable bonds is 5. The molecule has 112 valence electrons. The van der Waals surface area contributed by atoms with Gasteiger partial charge < -0.3 is 10.3 Å². The third-order valence-corrected chi connectivity index (χ3v) is 3.38. The van der Waals surface area contributed by atoms with Gasteiger partial charge in [-0.25, -0.2) is 9.37 Å². The van der Waals surface area contributed by atoms with Crippen molar-refractivity contribution >= 4 is 22.6 Å². The number of carbonyl (C=O) groups excluding carboxylic acids is 1. The zero-order valence-electron chi connectivity index (χ0n) is 12.0. The monoisotopic (exact) mass is 297 g/mol. The molecular formula is C17H16FN3O. The first-order valence-corrected chi connectivity index (χ1v) is 7.20. The maximum atomic E-state index is 12.8. The fourth-order valence-corrected chi connectivity index (χ4v) is 2.30. The average molecular weight is 297 g/mol. The average Bonchev–Trinajstić information content (AvgIpc) is 2.92. The summed E-state index contributed by atoms with van der Waals surface area (Å²) in [6, 6.07) is 13.6. The predicted octanol–water partition coefficient (Wildman–Crippen LogP) is 3.66. The lowest BCUT2D eigenvalue weighted by Gasteiger charge is -2.04. The molecule has 0 spiro atoms. The first-order chi connectivity index (χ1) is 10.7. The lowest BCUT2D eigenvalue weighted by molar-refractivity contribution is -0.116. The molecule has 0 fully saturated rings. The molecule has 1 heterocycles. The van der Waals surface area contributed by atoms with Crippen LogP contribution < -0.4 is 5.32 Å². The Morgan fingerprint density at radius 2 is 1.91 bits per heavy atom. The number of aryl methyl sites for hydroxylation is 1. The van der Waals surface area contributed by atoms with Crippen LogP contribution in [0.2, 0.25) is 0 Å². The van der Waals surface area contributed by atoms with Crippen LogP contribution >= 0.6 is 0 Å². The van der Waals surface area contributed by atoms with E-state index in [4.69, 9.17) is 0 Å². The van der Waals surface area contributed by atoms with Gasteiger partial charge in [0.1, 0.15) is 11.6 Å². The van der Waals surface area contributed by atoms with Crippen molar-refractivity contribution in [2.45, 2.75) is 19.3 Å². The molecule has 0 unspecified atom stereocenters. The van der Waals surface area contributed by atoms with Crippen molar-refractivity contribution in [3.8, 4) is 0 Å². The number of carbonyl (C=O) groups is 1. The summed E-state index contributed by atoms with van der Waals surface area (Å²) >= 11 is 0. The molecule has 0 radical (unpaired) electrons. The third-order valence-electron chi connectivity index (χ3n) is 3.38. The van der Waals surface area contributed by atoms with Crippen molar-refractivity contribution in [1.82, 2.24) is 9.97 Å². The van der Waals surface area contributed by atoms with Gasteiger partial charge in [-0.1, -0.05) is 12.1 Å². The molecule has 2 aromatic carbocycles. The lowest BCUT2D eigenvalue weighted by Crippen LogP contribution is -2.11. The molecule has 22 heavy (non-hydrogen) atoms. The topological polar surface area (TPSA) is 57.8 Å². The highest BCUT2D eigenvalue weighted by atomic mass is 19.1. The maximum Gasteiger partial charge on any atom is 0.224 e. The van der Waals surface area contributed by atoms with Crippen LogP contribution in [0, 0.1) is 5.82 Å². The molecule has 3 rings (SSSR count). The number of nitrogens with one attached hydrogen (secondary N) is 2. The van der Waals surface area contributed by atoms with Crippen molar-refractivity contribution in [2.24, 2.45) is 0 Å². The van der Waals surface area contributed by atoms with Crippen LogP contribution in [-0.2, 0) is 11.2 Å². The molecule has 4 nitrogen and oxygen atoms in total. The van der Waals surface area contributed by atoms with E-state index < -0.39 is 0 Å². The van der Waals surface area contributed by atoms with Crippen molar-refractivity contribution in [3.63, 3.8) is 0 Å². The molecule has 0 aliphatic carbocycles. The van der Waals surface area contributed by atoms with Crippen molar-refractivity contribution in [3.05, 3.63) is 60.2 Å². The van der Waals surface area contributed by atoms with Crippen molar-refractivity contribution in [1.29, 1.82) is 0 Å². The number of fused-ring (bicyclic) bond motifs is 1. The summed E-state index contributed by atoms with van der Waals surface area (Å²) < 4.78 is 12.8. The first-order valence-electron chi connectivity index (χ1n) is 7.20. The van der Waals surface area contributed by atoms with E-state index in [1.165, 1.54) is 12.1 Å². The largest absolute Gasteiger partial charge is 0.342 e. The fraction of sp³-hybridized carbons (Fsp3) is 0.176. The van der Waals surface area contributed by atoms with E-state index in [0.29, 0.717) is 24.9 Å². The Balaban J connectivity index is 1.49. The molecule has 1 amide bonds. The minimum absolute atomic E-state index is 0.0808. The van der Waals surface area contributed by atoms with Gasteiger partial charge in [0.15, 0.2) is 0 Å². The Morgan fingerprint density at radius 3 is 2.68 bits per heavy atom. The predicted molar refractivity (Wildman–Crippen MR) is 84.1 cm³/mol. The van der Waals surface area contributed by atoms with Crippen LogP contribution in [-0.4, -0.2) is 15.9 Å². The van der Waals surface area contributed by atoms with Gasteiger partial charge in [0.2, 0.25) is 5.91 Å². The number of nitrogens with zero attached hydrogens (tertiary/aromatic N) is 1. The lowest BCUT2D eigenvalue weighted by atomic mass is 10.2. The Bertz CT molecular complexity index is 747. The number of anilines is 1. The van der Waals surface area contributed by atoms with Crippen molar-refractivity contribution in [2.75, 3.05) is 5.32 Å². The number of aromatic amines is 1. The highest BCUT2D eigenvalue weighted by Crippen LogP contribution is 2.13. The van der Waals surface area contributed by atoms with Crippen LogP contribution in [0.15, 0.2) is 48.5 Å². The Kier molecular flexibility index (Phi) is 4.14. The highest BCUT2D eigenvalue weighted by molar-refractivity contribution is 5.90. The number of para-hydroxylation sites is 2. The number of H-pyrrole nitrogens is 1. The summed E-state index contributed by atoms with van der Waals surface area (Å²) in [5.41, 5.74) is 2.55. The number of benzene rings is 2. The molecule has 2 N–H and O–H groups in total. The second kappa shape index (κ2) is 6.39. The van der Waals surface area contributed by atoms with E-state index in [9.17, 15) is 9.18 Å². The highest BCUT2D eigenvalue weighted by Gasteiger charge is 2.05. The number of amides is 1. The van der Waals surface area contributed by atoms with E-state index in [2.05, 4.69) is 15.3 Å². The minimum Gasteiger partial charge on any atom is -0.342 e. The second-order valence-electron chi connectivity index (χ2n) is 5.11. The molecule has 0 saturated heterocycles. The second-order valence-corrected chi connectivity index (χ2v) is 5.11. The van der Waals surface area contributed by atoms with E-state index in [-0.39, 0.29) is 11.7 Å². The summed E-state index contributed by atoms with van der Waals surface area (Å²) in [6.07, 6.45) is 1.81.